The lowest BCUT2D eigenvalue weighted by atomic mass is 10.0. The Balaban J connectivity index is 1.92. The number of hydrogen-bond acceptors (Lipinski definition) is 4. The van der Waals surface area contributed by atoms with Crippen LogP contribution in [0.15, 0.2) is 22.8 Å². The van der Waals surface area contributed by atoms with Crippen LogP contribution in [0, 0.1) is 5.92 Å². The van der Waals surface area contributed by atoms with Crippen molar-refractivity contribution in [2.75, 3.05) is 18.8 Å². The molecule has 1 aliphatic rings. The Morgan fingerprint density at radius 2 is 2.38 bits per heavy atom. The van der Waals surface area contributed by atoms with Gasteiger partial charge in [-0.15, -0.1) is 0 Å². The van der Waals surface area contributed by atoms with E-state index in [-0.39, 0.29) is 17.4 Å². The lowest BCUT2D eigenvalue weighted by Crippen LogP contribution is -2.34. The van der Waals surface area contributed by atoms with Gasteiger partial charge < -0.3 is 9.73 Å². The molecule has 2 rings (SSSR count). The van der Waals surface area contributed by atoms with Gasteiger partial charge in [0.05, 0.1) is 12.0 Å². The summed E-state index contributed by atoms with van der Waals surface area (Å²) >= 11 is 0. The van der Waals surface area contributed by atoms with Gasteiger partial charge in [0.25, 0.3) is 0 Å². The van der Waals surface area contributed by atoms with Crippen LogP contribution in [0.5, 0.6) is 0 Å². The number of sulfone groups is 1. The Labute approximate surface area is 95.9 Å². The topological polar surface area (TPSA) is 59.3 Å². The first-order valence-electron chi connectivity index (χ1n) is 5.59. The van der Waals surface area contributed by atoms with E-state index in [1.807, 2.05) is 0 Å². The van der Waals surface area contributed by atoms with Crippen LogP contribution >= 0.6 is 0 Å². The molecule has 5 heteroatoms. The molecule has 1 aromatic heterocycles. The fraction of sp³-hybridized carbons (Fsp3) is 0.636. The highest BCUT2D eigenvalue weighted by Gasteiger charge is 2.22. The second-order valence-electron chi connectivity index (χ2n) is 4.35. The summed E-state index contributed by atoms with van der Waals surface area (Å²) in [6, 6.07) is 3.42. The van der Waals surface area contributed by atoms with Crippen molar-refractivity contribution in [3.8, 4) is 0 Å². The summed E-state index contributed by atoms with van der Waals surface area (Å²) in [4.78, 5) is 0. The number of piperidine rings is 1. The van der Waals surface area contributed by atoms with Crippen LogP contribution in [0.25, 0.3) is 0 Å². The molecule has 0 saturated carbocycles. The number of furan rings is 1. The molecule has 1 saturated heterocycles. The molecule has 1 fully saturated rings. The minimum atomic E-state index is -3.04. The minimum Gasteiger partial charge on any atom is -0.468 e. The summed E-state index contributed by atoms with van der Waals surface area (Å²) in [5.41, 5.74) is 0. The zero-order valence-electron chi connectivity index (χ0n) is 9.19. The van der Waals surface area contributed by atoms with Crippen molar-refractivity contribution in [3.63, 3.8) is 0 Å². The Kier molecular flexibility index (Phi) is 3.66. The molecule has 90 valence electrons. The first-order valence-corrected chi connectivity index (χ1v) is 7.41. The number of nitrogens with one attached hydrogen (secondary N) is 1. The molecule has 1 aromatic rings. The second-order valence-corrected chi connectivity index (χ2v) is 6.46. The van der Waals surface area contributed by atoms with Crippen LogP contribution in [-0.4, -0.2) is 27.3 Å². The van der Waals surface area contributed by atoms with E-state index in [0.29, 0.717) is 5.76 Å². The van der Waals surface area contributed by atoms with Crippen LogP contribution in [0.2, 0.25) is 0 Å². The lowest BCUT2D eigenvalue weighted by molar-refractivity contribution is 0.403. The normalized spacial score (nSPS) is 22.1. The van der Waals surface area contributed by atoms with Gasteiger partial charge in [0.15, 0.2) is 9.84 Å². The molecule has 0 unspecified atom stereocenters. The molecule has 0 aliphatic carbocycles. The van der Waals surface area contributed by atoms with E-state index in [0.717, 1.165) is 25.9 Å². The van der Waals surface area contributed by atoms with Crippen molar-refractivity contribution >= 4 is 9.84 Å². The molecule has 16 heavy (non-hydrogen) atoms. The van der Waals surface area contributed by atoms with Crippen molar-refractivity contribution in [2.24, 2.45) is 5.92 Å². The highest BCUT2D eigenvalue weighted by atomic mass is 32.2. The van der Waals surface area contributed by atoms with Crippen molar-refractivity contribution in [3.05, 3.63) is 24.2 Å². The van der Waals surface area contributed by atoms with E-state index < -0.39 is 9.84 Å². The van der Waals surface area contributed by atoms with E-state index in [1.165, 1.54) is 6.26 Å². The maximum atomic E-state index is 11.9. The van der Waals surface area contributed by atoms with Crippen molar-refractivity contribution < 1.29 is 12.8 Å². The molecule has 0 spiro atoms. The molecular formula is C11H17NO3S. The summed E-state index contributed by atoms with van der Waals surface area (Å²) in [7, 11) is -3.04. The largest absolute Gasteiger partial charge is 0.468 e. The van der Waals surface area contributed by atoms with E-state index in [2.05, 4.69) is 5.32 Å². The highest BCUT2D eigenvalue weighted by Crippen LogP contribution is 2.15. The fourth-order valence-electron chi connectivity index (χ4n) is 2.10. The molecule has 1 N–H and O–H groups in total. The van der Waals surface area contributed by atoms with Gasteiger partial charge in [-0.2, -0.15) is 0 Å². The van der Waals surface area contributed by atoms with E-state index >= 15 is 0 Å². The molecular weight excluding hydrogens is 226 g/mol. The summed E-state index contributed by atoms with van der Waals surface area (Å²) in [5, 5.41) is 3.23. The SMILES string of the molecule is O=S(=O)(Cc1ccco1)C[C@@H]1CCCNC1. The van der Waals surface area contributed by atoms with E-state index in [4.69, 9.17) is 4.42 Å². The lowest BCUT2D eigenvalue weighted by Gasteiger charge is -2.22. The molecule has 0 radical (unpaired) electrons. The maximum absolute atomic E-state index is 11.9. The van der Waals surface area contributed by atoms with Crippen LogP contribution in [0.3, 0.4) is 0 Å². The molecule has 1 aliphatic heterocycles. The van der Waals surface area contributed by atoms with Crippen molar-refractivity contribution in [1.82, 2.24) is 5.32 Å². The average molecular weight is 243 g/mol. The molecule has 0 aromatic carbocycles. The third-order valence-corrected chi connectivity index (χ3v) is 4.53. The number of rotatable bonds is 4. The fourth-order valence-corrected chi connectivity index (χ4v) is 3.81. The van der Waals surface area contributed by atoms with Crippen LogP contribution < -0.4 is 5.32 Å². The Hall–Kier alpha value is -0.810. The van der Waals surface area contributed by atoms with Gasteiger partial charge in [-0.25, -0.2) is 8.42 Å². The molecule has 1 atom stereocenters. The zero-order valence-corrected chi connectivity index (χ0v) is 10.0. The predicted molar refractivity (Wildman–Crippen MR) is 61.8 cm³/mol. The van der Waals surface area contributed by atoms with Gasteiger partial charge in [-0.3, -0.25) is 0 Å². The Morgan fingerprint density at radius 3 is 3.00 bits per heavy atom. The maximum Gasteiger partial charge on any atom is 0.157 e. The van der Waals surface area contributed by atoms with E-state index in [9.17, 15) is 8.42 Å². The molecule has 4 nitrogen and oxygen atoms in total. The van der Waals surface area contributed by atoms with E-state index in [1.54, 1.807) is 12.1 Å². The standard InChI is InChI=1S/C11H17NO3S/c13-16(14,9-11-4-2-6-15-11)8-10-3-1-5-12-7-10/h2,4,6,10,12H,1,3,5,7-9H2/t10-/m1/s1. The van der Waals surface area contributed by atoms with Gasteiger partial charge >= 0.3 is 0 Å². The van der Waals surface area contributed by atoms with Crippen molar-refractivity contribution in [1.29, 1.82) is 0 Å². The average Bonchev–Trinajstić information content (AvgIpc) is 2.70. The first-order chi connectivity index (χ1) is 7.66. The summed E-state index contributed by atoms with van der Waals surface area (Å²) < 4.78 is 28.8. The Bertz CT molecular complexity index is 404. The molecule has 2 heterocycles. The monoisotopic (exact) mass is 243 g/mol. The summed E-state index contributed by atoms with van der Waals surface area (Å²) in [6.07, 6.45) is 3.58. The third-order valence-electron chi connectivity index (χ3n) is 2.83. The van der Waals surface area contributed by atoms with Gasteiger partial charge in [-0.1, -0.05) is 0 Å². The first kappa shape index (κ1) is 11.7. The minimum absolute atomic E-state index is 0.0243. The smallest absolute Gasteiger partial charge is 0.157 e. The summed E-state index contributed by atoms with van der Waals surface area (Å²) in [5.74, 6) is 1.08. The summed E-state index contributed by atoms with van der Waals surface area (Å²) in [6.45, 7) is 1.83. The third kappa shape index (κ3) is 3.35. The highest BCUT2D eigenvalue weighted by molar-refractivity contribution is 7.90. The predicted octanol–water partition coefficient (Wildman–Crippen LogP) is 1.19. The molecule has 0 amide bonds. The molecule has 0 bridgehead atoms. The van der Waals surface area contributed by atoms with Crippen LogP contribution in [0.1, 0.15) is 18.6 Å². The van der Waals surface area contributed by atoms with Crippen LogP contribution in [-0.2, 0) is 15.6 Å². The van der Waals surface area contributed by atoms with Gasteiger partial charge in [0.2, 0.25) is 0 Å². The number of hydrogen-bond donors (Lipinski definition) is 1. The van der Waals surface area contributed by atoms with Crippen LogP contribution in [0.4, 0.5) is 0 Å². The Morgan fingerprint density at radius 1 is 1.50 bits per heavy atom. The second kappa shape index (κ2) is 5.01. The van der Waals surface area contributed by atoms with Gasteiger partial charge in [0, 0.05) is 0 Å². The van der Waals surface area contributed by atoms with Crippen molar-refractivity contribution in [2.45, 2.75) is 18.6 Å². The zero-order chi connectivity index (χ0) is 11.4. The quantitative estimate of drug-likeness (QED) is 0.863. The van der Waals surface area contributed by atoms with Gasteiger partial charge in [0.1, 0.15) is 11.5 Å². The van der Waals surface area contributed by atoms with Gasteiger partial charge in [-0.05, 0) is 44.0 Å².